The number of hydrogen-bond acceptors (Lipinski definition) is 3. The van der Waals surface area contributed by atoms with Crippen molar-refractivity contribution in [2.24, 2.45) is 11.3 Å². The number of hydrogen-bond donors (Lipinski definition) is 1. The molecule has 1 aliphatic rings. The van der Waals surface area contributed by atoms with Crippen LogP contribution in [-0.2, 0) is 0 Å². The van der Waals surface area contributed by atoms with Crippen molar-refractivity contribution in [2.75, 3.05) is 19.7 Å². The molecule has 0 aromatic heterocycles. The lowest BCUT2D eigenvalue weighted by Gasteiger charge is -2.31. The average molecular weight is 275 g/mol. The number of carbonyl (C=O) groups is 1. The van der Waals surface area contributed by atoms with Crippen LogP contribution >= 0.6 is 0 Å². The molecule has 0 saturated carbocycles. The van der Waals surface area contributed by atoms with E-state index >= 15 is 0 Å². The first-order chi connectivity index (χ1) is 9.60. The third-order valence-corrected chi connectivity index (χ3v) is 4.34. The highest BCUT2D eigenvalue weighted by Gasteiger charge is 2.43. The van der Waals surface area contributed by atoms with Gasteiger partial charge in [-0.15, -0.1) is 0 Å². The summed E-state index contributed by atoms with van der Waals surface area (Å²) in [5.41, 5.74) is 0.553. The molecule has 1 aromatic carbocycles. The van der Waals surface area contributed by atoms with Crippen molar-refractivity contribution in [2.45, 2.75) is 33.6 Å². The molecule has 0 amide bonds. The molecule has 0 bridgehead atoms. The second kappa shape index (κ2) is 6.40. The predicted octanol–water partition coefficient (Wildman–Crippen LogP) is 3.29. The van der Waals surface area contributed by atoms with E-state index in [1.807, 2.05) is 24.3 Å². The quantitative estimate of drug-likeness (QED) is 0.810. The summed E-state index contributed by atoms with van der Waals surface area (Å²) in [6.45, 7) is 8.80. The molecule has 1 fully saturated rings. The number of Topliss-reactive ketones (excluding diaryl/α,β-unsaturated/α-hetero) is 1. The minimum absolute atomic E-state index is 0.244. The van der Waals surface area contributed by atoms with Gasteiger partial charge in [0.15, 0.2) is 5.78 Å². The Morgan fingerprint density at radius 2 is 2.05 bits per heavy atom. The Morgan fingerprint density at radius 1 is 1.35 bits per heavy atom. The zero-order valence-electron chi connectivity index (χ0n) is 12.7. The molecular weight excluding hydrogens is 250 g/mol. The highest BCUT2D eigenvalue weighted by atomic mass is 16.5. The fourth-order valence-electron chi connectivity index (χ4n) is 2.87. The standard InChI is InChI=1S/C17H25NO2/c1-4-11-20-15-7-5-14(6-8-15)16(19)17(13(2)3)9-10-18-12-17/h5-8,13,18H,4,9-12H2,1-3H3. The summed E-state index contributed by atoms with van der Waals surface area (Å²) in [7, 11) is 0. The molecule has 0 aliphatic carbocycles. The number of ether oxygens (including phenoxy) is 1. The summed E-state index contributed by atoms with van der Waals surface area (Å²) in [5, 5.41) is 3.34. The smallest absolute Gasteiger partial charge is 0.170 e. The van der Waals surface area contributed by atoms with Crippen molar-refractivity contribution in [3.8, 4) is 5.75 Å². The molecule has 1 heterocycles. The third kappa shape index (κ3) is 2.88. The van der Waals surface area contributed by atoms with E-state index in [9.17, 15) is 4.79 Å². The number of benzene rings is 1. The highest BCUT2D eigenvalue weighted by Crippen LogP contribution is 2.37. The van der Waals surface area contributed by atoms with Crippen LogP contribution in [0.3, 0.4) is 0 Å². The van der Waals surface area contributed by atoms with Gasteiger partial charge in [0, 0.05) is 17.5 Å². The van der Waals surface area contributed by atoms with Gasteiger partial charge in [0.05, 0.1) is 6.61 Å². The van der Waals surface area contributed by atoms with Gasteiger partial charge >= 0.3 is 0 Å². The van der Waals surface area contributed by atoms with Gasteiger partial charge in [-0.2, -0.15) is 0 Å². The first kappa shape index (κ1) is 15.0. The molecule has 1 unspecified atom stereocenters. The second-order valence-corrected chi connectivity index (χ2v) is 5.94. The van der Waals surface area contributed by atoms with Gasteiger partial charge in [0.1, 0.15) is 5.75 Å². The lowest BCUT2D eigenvalue weighted by atomic mass is 9.71. The van der Waals surface area contributed by atoms with Crippen molar-refractivity contribution in [3.63, 3.8) is 0 Å². The first-order valence-electron chi connectivity index (χ1n) is 7.58. The molecule has 0 radical (unpaired) electrons. The maximum Gasteiger partial charge on any atom is 0.170 e. The van der Waals surface area contributed by atoms with Crippen LogP contribution in [0.2, 0.25) is 0 Å². The first-order valence-corrected chi connectivity index (χ1v) is 7.58. The number of rotatable bonds is 6. The van der Waals surface area contributed by atoms with Gasteiger partial charge in [-0.3, -0.25) is 4.79 Å². The maximum atomic E-state index is 12.9. The third-order valence-electron chi connectivity index (χ3n) is 4.34. The Morgan fingerprint density at radius 3 is 2.55 bits per heavy atom. The van der Waals surface area contributed by atoms with Gasteiger partial charge in [-0.05, 0) is 49.6 Å². The van der Waals surface area contributed by atoms with Gasteiger partial charge in [-0.1, -0.05) is 20.8 Å². The summed E-state index contributed by atoms with van der Waals surface area (Å²) >= 11 is 0. The van der Waals surface area contributed by atoms with Crippen molar-refractivity contribution >= 4 is 5.78 Å². The van der Waals surface area contributed by atoms with Crippen LogP contribution in [-0.4, -0.2) is 25.5 Å². The zero-order chi connectivity index (χ0) is 14.6. The van der Waals surface area contributed by atoms with E-state index < -0.39 is 0 Å². The minimum Gasteiger partial charge on any atom is -0.494 e. The van der Waals surface area contributed by atoms with Crippen LogP contribution in [0, 0.1) is 11.3 Å². The Kier molecular flexibility index (Phi) is 4.81. The van der Waals surface area contributed by atoms with E-state index in [0.29, 0.717) is 12.5 Å². The molecule has 20 heavy (non-hydrogen) atoms. The average Bonchev–Trinajstić information content (AvgIpc) is 2.96. The normalized spacial score (nSPS) is 22.2. The highest BCUT2D eigenvalue weighted by molar-refractivity contribution is 6.01. The lowest BCUT2D eigenvalue weighted by Crippen LogP contribution is -2.38. The van der Waals surface area contributed by atoms with Gasteiger partial charge in [-0.25, -0.2) is 0 Å². The topological polar surface area (TPSA) is 38.3 Å². The van der Waals surface area contributed by atoms with Crippen LogP contribution in [0.4, 0.5) is 0 Å². The monoisotopic (exact) mass is 275 g/mol. The van der Waals surface area contributed by atoms with E-state index in [2.05, 4.69) is 26.1 Å². The van der Waals surface area contributed by atoms with E-state index in [1.54, 1.807) is 0 Å². The largest absolute Gasteiger partial charge is 0.494 e. The summed E-state index contributed by atoms with van der Waals surface area (Å²) in [6.07, 6.45) is 1.92. The summed E-state index contributed by atoms with van der Waals surface area (Å²) in [5.74, 6) is 1.45. The second-order valence-electron chi connectivity index (χ2n) is 5.94. The van der Waals surface area contributed by atoms with E-state index in [0.717, 1.165) is 37.2 Å². The van der Waals surface area contributed by atoms with E-state index in [-0.39, 0.29) is 11.2 Å². The Labute approximate surface area is 121 Å². The van der Waals surface area contributed by atoms with Crippen molar-refractivity contribution in [1.82, 2.24) is 5.32 Å². The Balaban J connectivity index is 2.16. The lowest BCUT2D eigenvalue weighted by molar-refractivity contribution is 0.0740. The molecule has 3 nitrogen and oxygen atoms in total. The van der Waals surface area contributed by atoms with Gasteiger partial charge < -0.3 is 10.1 Å². The molecule has 2 rings (SSSR count). The van der Waals surface area contributed by atoms with Crippen molar-refractivity contribution in [1.29, 1.82) is 0 Å². The SMILES string of the molecule is CCCOc1ccc(C(=O)C2(C(C)C)CCNC2)cc1. The molecule has 1 N–H and O–H groups in total. The molecule has 1 saturated heterocycles. The summed E-state index contributed by atoms with van der Waals surface area (Å²) < 4.78 is 5.56. The minimum atomic E-state index is -0.244. The molecule has 110 valence electrons. The van der Waals surface area contributed by atoms with E-state index in [4.69, 9.17) is 4.74 Å². The summed E-state index contributed by atoms with van der Waals surface area (Å²) in [6, 6.07) is 7.60. The molecule has 1 atom stereocenters. The fraction of sp³-hybridized carbons (Fsp3) is 0.588. The van der Waals surface area contributed by atoms with Gasteiger partial charge in [0.2, 0.25) is 0 Å². The molecule has 3 heteroatoms. The zero-order valence-corrected chi connectivity index (χ0v) is 12.7. The van der Waals surface area contributed by atoms with Crippen LogP contribution in [0.5, 0.6) is 5.75 Å². The summed E-state index contributed by atoms with van der Waals surface area (Å²) in [4.78, 5) is 12.9. The fourth-order valence-corrected chi connectivity index (χ4v) is 2.87. The molecule has 1 aromatic rings. The van der Waals surface area contributed by atoms with Crippen LogP contribution in [0.25, 0.3) is 0 Å². The predicted molar refractivity (Wildman–Crippen MR) is 81.3 cm³/mol. The van der Waals surface area contributed by atoms with Crippen LogP contribution < -0.4 is 10.1 Å². The Hall–Kier alpha value is -1.35. The maximum absolute atomic E-state index is 12.9. The Bertz CT molecular complexity index is 445. The molecule has 1 aliphatic heterocycles. The molecular formula is C17H25NO2. The number of nitrogens with one attached hydrogen (secondary N) is 1. The van der Waals surface area contributed by atoms with Crippen LogP contribution in [0.1, 0.15) is 44.0 Å². The number of ketones is 1. The van der Waals surface area contributed by atoms with Crippen molar-refractivity contribution in [3.05, 3.63) is 29.8 Å². The van der Waals surface area contributed by atoms with Crippen molar-refractivity contribution < 1.29 is 9.53 Å². The van der Waals surface area contributed by atoms with Gasteiger partial charge in [0.25, 0.3) is 0 Å². The number of carbonyl (C=O) groups excluding carboxylic acids is 1. The molecule has 0 spiro atoms. The van der Waals surface area contributed by atoms with Crippen LogP contribution in [0.15, 0.2) is 24.3 Å². The van der Waals surface area contributed by atoms with E-state index in [1.165, 1.54) is 0 Å².